The zero-order chi connectivity index (χ0) is 16.6. The lowest BCUT2D eigenvalue weighted by Crippen LogP contribution is -2.19. The lowest BCUT2D eigenvalue weighted by atomic mass is 10.2. The van der Waals surface area contributed by atoms with Crippen LogP contribution in [0.5, 0.6) is 0 Å². The molecule has 0 unspecified atom stereocenters. The van der Waals surface area contributed by atoms with E-state index in [9.17, 15) is 13.2 Å². The van der Waals surface area contributed by atoms with E-state index in [-0.39, 0.29) is 0 Å². The Morgan fingerprint density at radius 1 is 1.18 bits per heavy atom. The molecule has 0 fully saturated rings. The summed E-state index contributed by atoms with van der Waals surface area (Å²) >= 11 is 0. The SMILES string of the molecule is C\C=C/C(=C\C=C(/C)C(F)(F)F)O[C@H](NC)c1ccccc1. The minimum absolute atomic E-state index is 0.342. The number of alkyl halides is 3. The first kappa shape index (κ1) is 18.0. The van der Waals surface area contributed by atoms with Gasteiger partial charge in [0.05, 0.1) is 0 Å². The number of allylic oxidation sites excluding steroid dienone is 5. The number of benzene rings is 1. The molecule has 1 aromatic carbocycles. The Morgan fingerprint density at radius 2 is 1.82 bits per heavy atom. The topological polar surface area (TPSA) is 21.3 Å². The van der Waals surface area contributed by atoms with Crippen molar-refractivity contribution in [2.24, 2.45) is 0 Å². The van der Waals surface area contributed by atoms with Crippen molar-refractivity contribution in [3.63, 3.8) is 0 Å². The minimum atomic E-state index is -4.33. The van der Waals surface area contributed by atoms with Crippen molar-refractivity contribution in [1.29, 1.82) is 0 Å². The van der Waals surface area contributed by atoms with Crippen LogP contribution in [-0.2, 0) is 4.74 Å². The largest absolute Gasteiger partial charge is 0.471 e. The number of halogens is 3. The number of hydrogen-bond donors (Lipinski definition) is 1. The molecule has 1 rings (SSSR count). The van der Waals surface area contributed by atoms with Crippen LogP contribution in [0.15, 0.2) is 66.0 Å². The van der Waals surface area contributed by atoms with Crippen molar-refractivity contribution in [2.45, 2.75) is 26.3 Å². The Balaban J connectivity index is 2.96. The zero-order valence-corrected chi connectivity index (χ0v) is 12.8. The van der Waals surface area contributed by atoms with E-state index in [1.807, 2.05) is 30.3 Å². The summed E-state index contributed by atoms with van der Waals surface area (Å²) in [6, 6.07) is 9.39. The summed E-state index contributed by atoms with van der Waals surface area (Å²) in [5, 5.41) is 2.99. The lowest BCUT2D eigenvalue weighted by Gasteiger charge is -2.19. The monoisotopic (exact) mass is 311 g/mol. The first-order valence-electron chi connectivity index (χ1n) is 6.85. The highest BCUT2D eigenvalue weighted by Crippen LogP contribution is 2.25. The summed E-state index contributed by atoms with van der Waals surface area (Å²) in [4.78, 5) is 0. The molecule has 0 aliphatic carbocycles. The fraction of sp³-hybridized carbons (Fsp3) is 0.294. The molecule has 0 amide bonds. The molecule has 0 spiro atoms. The summed E-state index contributed by atoms with van der Waals surface area (Å²) in [5.41, 5.74) is 0.204. The Morgan fingerprint density at radius 3 is 2.32 bits per heavy atom. The van der Waals surface area contributed by atoms with E-state index in [1.165, 1.54) is 6.08 Å². The molecule has 0 radical (unpaired) electrons. The molecule has 0 saturated heterocycles. The maximum Gasteiger partial charge on any atom is 0.412 e. The van der Waals surface area contributed by atoms with Crippen molar-refractivity contribution >= 4 is 0 Å². The molecule has 0 bridgehead atoms. The Hall–Kier alpha value is -2.01. The molecule has 1 atom stereocenters. The van der Waals surface area contributed by atoms with E-state index < -0.39 is 18.0 Å². The van der Waals surface area contributed by atoms with Gasteiger partial charge in [0.2, 0.25) is 0 Å². The van der Waals surface area contributed by atoms with Gasteiger partial charge in [-0.3, -0.25) is 5.32 Å². The van der Waals surface area contributed by atoms with Crippen LogP contribution in [0.3, 0.4) is 0 Å². The quantitative estimate of drug-likeness (QED) is 0.459. The summed E-state index contributed by atoms with van der Waals surface area (Å²) in [6.07, 6.45) is 0.874. The van der Waals surface area contributed by atoms with E-state index in [0.29, 0.717) is 5.76 Å². The third-order valence-corrected chi connectivity index (χ3v) is 2.89. The number of ether oxygens (including phenoxy) is 1. The molecule has 22 heavy (non-hydrogen) atoms. The Labute approximate surface area is 129 Å². The molecule has 0 aromatic heterocycles. The fourth-order valence-corrected chi connectivity index (χ4v) is 1.66. The van der Waals surface area contributed by atoms with Crippen LogP contribution >= 0.6 is 0 Å². The van der Waals surface area contributed by atoms with Gasteiger partial charge < -0.3 is 4.74 Å². The average Bonchev–Trinajstić information content (AvgIpc) is 2.49. The van der Waals surface area contributed by atoms with Crippen LogP contribution in [0, 0.1) is 0 Å². The standard InChI is InChI=1S/C17H20F3NO/c1-4-8-15(12-11-13(2)17(18,19)20)22-16(21-3)14-9-6-5-7-10-14/h4-12,16,21H,1-3H3/b8-4-,13-11+,15-12+/t16-/m0/s1. The third-order valence-electron chi connectivity index (χ3n) is 2.89. The van der Waals surface area contributed by atoms with Gasteiger partial charge in [-0.2, -0.15) is 13.2 Å². The van der Waals surface area contributed by atoms with Crippen molar-refractivity contribution < 1.29 is 17.9 Å². The van der Waals surface area contributed by atoms with Gasteiger partial charge in [-0.15, -0.1) is 0 Å². The van der Waals surface area contributed by atoms with Crippen LogP contribution in [0.2, 0.25) is 0 Å². The molecular weight excluding hydrogens is 291 g/mol. The predicted octanol–water partition coefficient (Wildman–Crippen LogP) is 4.89. The second-order valence-corrected chi connectivity index (χ2v) is 4.61. The molecule has 120 valence electrons. The number of rotatable bonds is 6. The molecule has 0 saturated carbocycles. The maximum absolute atomic E-state index is 12.5. The number of hydrogen-bond acceptors (Lipinski definition) is 2. The van der Waals surface area contributed by atoms with E-state index in [2.05, 4.69) is 5.32 Å². The van der Waals surface area contributed by atoms with Crippen LogP contribution in [0.25, 0.3) is 0 Å². The highest BCUT2D eigenvalue weighted by molar-refractivity contribution is 5.24. The van der Waals surface area contributed by atoms with Gasteiger partial charge in [-0.25, -0.2) is 0 Å². The minimum Gasteiger partial charge on any atom is -0.471 e. The average molecular weight is 311 g/mol. The van der Waals surface area contributed by atoms with E-state index in [4.69, 9.17) is 4.74 Å². The van der Waals surface area contributed by atoms with Crippen LogP contribution < -0.4 is 5.32 Å². The number of nitrogens with one attached hydrogen (secondary N) is 1. The third kappa shape index (κ3) is 5.77. The summed E-state index contributed by atoms with van der Waals surface area (Å²) < 4.78 is 43.3. The molecule has 0 aliphatic rings. The molecular formula is C17H20F3NO. The Bertz CT molecular complexity index is 545. The summed E-state index contributed by atoms with van der Waals surface area (Å²) in [7, 11) is 1.72. The second-order valence-electron chi connectivity index (χ2n) is 4.61. The first-order valence-corrected chi connectivity index (χ1v) is 6.85. The van der Waals surface area contributed by atoms with Gasteiger partial charge in [0, 0.05) is 11.1 Å². The molecule has 1 aromatic rings. The molecule has 0 heterocycles. The van der Waals surface area contributed by atoms with E-state index >= 15 is 0 Å². The van der Waals surface area contributed by atoms with Gasteiger partial charge in [-0.1, -0.05) is 42.5 Å². The van der Waals surface area contributed by atoms with E-state index in [0.717, 1.165) is 18.6 Å². The lowest BCUT2D eigenvalue weighted by molar-refractivity contribution is -0.0913. The van der Waals surface area contributed by atoms with Crippen molar-refractivity contribution in [1.82, 2.24) is 5.32 Å². The van der Waals surface area contributed by atoms with Crippen molar-refractivity contribution in [3.8, 4) is 0 Å². The highest BCUT2D eigenvalue weighted by Gasteiger charge is 2.29. The van der Waals surface area contributed by atoms with Gasteiger partial charge in [-0.05, 0) is 33.0 Å². The smallest absolute Gasteiger partial charge is 0.412 e. The molecule has 0 aliphatic heterocycles. The maximum atomic E-state index is 12.5. The van der Waals surface area contributed by atoms with Gasteiger partial charge in [0.1, 0.15) is 5.76 Å². The summed E-state index contributed by atoms with van der Waals surface area (Å²) in [6.45, 7) is 2.80. The fourth-order valence-electron chi connectivity index (χ4n) is 1.66. The zero-order valence-electron chi connectivity index (χ0n) is 12.8. The summed E-state index contributed by atoms with van der Waals surface area (Å²) in [5.74, 6) is 0.342. The van der Waals surface area contributed by atoms with E-state index in [1.54, 1.807) is 26.1 Å². The molecule has 2 nitrogen and oxygen atoms in total. The second kappa shape index (κ2) is 8.44. The first-order chi connectivity index (χ1) is 10.4. The van der Waals surface area contributed by atoms with Crippen LogP contribution in [-0.4, -0.2) is 13.2 Å². The van der Waals surface area contributed by atoms with Crippen molar-refractivity contribution in [3.05, 3.63) is 71.5 Å². The Kier molecular flexibility index (Phi) is 6.92. The normalized spacial score (nSPS) is 15.2. The highest BCUT2D eigenvalue weighted by atomic mass is 19.4. The van der Waals surface area contributed by atoms with Crippen molar-refractivity contribution in [2.75, 3.05) is 7.05 Å². The van der Waals surface area contributed by atoms with Gasteiger partial charge >= 0.3 is 6.18 Å². The van der Waals surface area contributed by atoms with Crippen LogP contribution in [0.1, 0.15) is 25.6 Å². The van der Waals surface area contributed by atoms with Gasteiger partial charge in [0.15, 0.2) is 6.23 Å². The van der Waals surface area contributed by atoms with Crippen LogP contribution in [0.4, 0.5) is 13.2 Å². The molecule has 1 N–H and O–H groups in total. The molecule has 5 heteroatoms. The van der Waals surface area contributed by atoms with Gasteiger partial charge in [0.25, 0.3) is 0 Å². The predicted molar refractivity (Wildman–Crippen MR) is 82.0 cm³/mol.